The highest BCUT2D eigenvalue weighted by Gasteiger charge is 2.33. The van der Waals surface area contributed by atoms with Crippen molar-refractivity contribution in [2.75, 3.05) is 58.1 Å². The third kappa shape index (κ3) is 7.51. The van der Waals surface area contributed by atoms with Gasteiger partial charge in [0.15, 0.2) is 0 Å². The summed E-state index contributed by atoms with van der Waals surface area (Å²) in [4.78, 5) is 59.9. The van der Waals surface area contributed by atoms with Gasteiger partial charge in [0, 0.05) is 54.3 Å². The number of carbonyl (C=O) groups is 2. The number of rotatable bonds is 8. The second-order valence-electron chi connectivity index (χ2n) is 16.4. The zero-order chi connectivity index (χ0) is 42.5. The van der Waals surface area contributed by atoms with E-state index in [-0.39, 0.29) is 11.8 Å². The lowest BCUT2D eigenvalue weighted by Crippen LogP contribution is -2.49. The first kappa shape index (κ1) is 40.1. The monoisotopic (exact) mass is 870 g/mol. The van der Waals surface area contributed by atoms with Crippen LogP contribution in [0.3, 0.4) is 0 Å². The van der Waals surface area contributed by atoms with Crippen molar-refractivity contribution in [1.29, 1.82) is 0 Å². The maximum absolute atomic E-state index is 13.2. The number of thiophene rings is 2. The molecule has 7 heterocycles. The molecular formula is C45H46N10O5S2. The molecule has 1 saturated heterocycles. The lowest BCUT2D eigenvalue weighted by atomic mass is 9.86. The number of likely N-dealkylation sites (N-methyl/N-ethyl adjacent to an activating group) is 1. The molecular weight excluding hydrogens is 825 g/mol. The van der Waals surface area contributed by atoms with Crippen molar-refractivity contribution >= 4 is 90.4 Å². The first-order valence-corrected chi connectivity index (χ1v) is 22.5. The fourth-order valence-electron chi connectivity index (χ4n) is 9.18. The van der Waals surface area contributed by atoms with E-state index in [2.05, 4.69) is 63.5 Å². The van der Waals surface area contributed by atoms with Crippen LogP contribution in [0.5, 0.6) is 11.5 Å². The SMILES string of the molecule is COc1cc2c(cc1Nc1ncnc3sc4c(c13)CCC(C(=O)N1CCN(C)CC1)C4)C=NC2.COc1cc2c(cc1Nc1ncnc3sc4c(c13)CCC(C(=O)O)C4)C=NC2. The second-order valence-corrected chi connectivity index (χ2v) is 18.5. The standard InChI is InChI=1S/C25H28N6O2S.C20H18N4O3S/c1-30-5-7-31(8-6-30)25(32)15-3-4-18-21(11-15)34-24-22(18)23(27-14-28-24)29-19-9-16-12-26-13-17(16)10-20(19)33-2;1-27-15-5-12-8-21-7-11(12)4-14(15)24-18-17-13-3-2-10(20(25)26)6-16(13)28-19(17)23-9-22-18/h9-10,12,14-15H,3-8,11,13H2,1-2H3,(H,27,28,29);4-5,7,9-10H,2-3,6,8H2,1H3,(H,25,26)(H,22,23,24). The molecule has 2 atom stereocenters. The van der Waals surface area contributed by atoms with E-state index < -0.39 is 5.97 Å². The number of carboxylic acid groups (broad SMARTS) is 1. The van der Waals surface area contributed by atoms with Crippen LogP contribution in [0.4, 0.5) is 23.0 Å². The van der Waals surface area contributed by atoms with E-state index in [1.54, 1.807) is 49.5 Å². The van der Waals surface area contributed by atoms with Gasteiger partial charge in [-0.1, -0.05) is 0 Å². The van der Waals surface area contributed by atoms with Gasteiger partial charge in [-0.25, -0.2) is 19.9 Å². The van der Waals surface area contributed by atoms with E-state index in [1.165, 1.54) is 21.6 Å². The van der Waals surface area contributed by atoms with Gasteiger partial charge in [0.2, 0.25) is 5.91 Å². The molecule has 1 fully saturated rings. The van der Waals surface area contributed by atoms with Crippen molar-refractivity contribution in [3.63, 3.8) is 0 Å². The Balaban J connectivity index is 0.000000151. The van der Waals surface area contributed by atoms with Crippen LogP contribution in [-0.4, -0.2) is 107 Å². The van der Waals surface area contributed by atoms with E-state index in [9.17, 15) is 14.7 Å². The predicted molar refractivity (Wildman–Crippen MR) is 243 cm³/mol. The molecule has 0 spiro atoms. The number of piperazine rings is 1. The van der Waals surface area contributed by atoms with Crippen LogP contribution in [-0.2, 0) is 48.4 Å². The normalized spacial score (nSPS) is 18.7. The maximum atomic E-state index is 13.2. The minimum atomic E-state index is -0.725. The number of fused-ring (bicyclic) bond motifs is 8. The average molecular weight is 871 g/mol. The second kappa shape index (κ2) is 16.7. The predicted octanol–water partition coefficient (Wildman–Crippen LogP) is 6.82. The smallest absolute Gasteiger partial charge is 0.306 e. The summed E-state index contributed by atoms with van der Waals surface area (Å²) in [6, 6.07) is 8.14. The Labute approximate surface area is 366 Å². The fraction of sp³-hybridized carbons (Fsp3) is 0.378. The van der Waals surface area contributed by atoms with Gasteiger partial charge in [-0.2, -0.15) is 0 Å². The van der Waals surface area contributed by atoms with Crippen LogP contribution in [0.2, 0.25) is 0 Å². The summed E-state index contributed by atoms with van der Waals surface area (Å²) in [5.41, 5.74) is 8.63. The summed E-state index contributed by atoms with van der Waals surface area (Å²) >= 11 is 3.27. The molecule has 17 heteroatoms. The average Bonchev–Trinajstić information content (AvgIpc) is 4.10. The highest BCUT2D eigenvalue weighted by Crippen LogP contribution is 2.44. The summed E-state index contributed by atoms with van der Waals surface area (Å²) in [6.07, 6.45) is 11.4. The molecule has 318 valence electrons. The van der Waals surface area contributed by atoms with Crippen LogP contribution in [0.15, 0.2) is 46.9 Å². The van der Waals surface area contributed by atoms with Crippen LogP contribution < -0.4 is 20.1 Å². The number of benzene rings is 2. The Bertz CT molecular complexity index is 2810. The largest absolute Gasteiger partial charge is 0.495 e. The third-order valence-corrected chi connectivity index (χ3v) is 14.9. The highest BCUT2D eigenvalue weighted by molar-refractivity contribution is 7.19. The van der Waals surface area contributed by atoms with Gasteiger partial charge in [-0.3, -0.25) is 19.6 Å². The number of hydrogen-bond donors (Lipinski definition) is 3. The lowest BCUT2D eigenvalue weighted by Gasteiger charge is -2.35. The molecule has 62 heavy (non-hydrogen) atoms. The number of ether oxygens (including phenoxy) is 2. The number of carbonyl (C=O) groups excluding carboxylic acids is 1. The Kier molecular flexibility index (Phi) is 10.8. The van der Waals surface area contributed by atoms with Crippen LogP contribution in [0.25, 0.3) is 20.4 Å². The number of nitrogens with zero attached hydrogens (tertiary/aromatic N) is 8. The number of hydrogen-bond acceptors (Lipinski definition) is 15. The van der Waals surface area contributed by atoms with E-state index in [0.717, 1.165) is 128 Å². The number of aliphatic carboxylic acids is 1. The quantitative estimate of drug-likeness (QED) is 0.146. The summed E-state index contributed by atoms with van der Waals surface area (Å²) < 4.78 is 11.2. The fourth-order valence-corrected chi connectivity index (χ4v) is 11.7. The van der Waals surface area contributed by atoms with Crippen molar-refractivity contribution < 1.29 is 24.2 Å². The third-order valence-electron chi connectivity index (χ3n) is 12.6. The Morgan fingerprint density at radius 2 is 1.21 bits per heavy atom. The van der Waals surface area contributed by atoms with Crippen molar-refractivity contribution in [1.82, 2.24) is 29.7 Å². The molecule has 5 aliphatic rings. The molecule has 2 unspecified atom stereocenters. The molecule has 3 N–H and O–H groups in total. The molecule has 0 bridgehead atoms. The van der Waals surface area contributed by atoms with Crippen molar-refractivity contribution in [3.8, 4) is 11.5 Å². The number of aryl methyl sites for hydroxylation is 2. The number of amides is 1. The molecule has 3 aliphatic heterocycles. The minimum absolute atomic E-state index is 0.0597. The van der Waals surface area contributed by atoms with E-state index in [1.807, 2.05) is 30.6 Å². The summed E-state index contributed by atoms with van der Waals surface area (Å²) in [7, 11) is 5.45. The maximum Gasteiger partial charge on any atom is 0.306 e. The van der Waals surface area contributed by atoms with Gasteiger partial charge in [-0.15, -0.1) is 22.7 Å². The minimum Gasteiger partial charge on any atom is -0.495 e. The van der Waals surface area contributed by atoms with Gasteiger partial charge in [-0.05, 0) is 103 Å². The van der Waals surface area contributed by atoms with Crippen LogP contribution >= 0.6 is 22.7 Å². The topological polar surface area (TPSA) is 180 Å². The van der Waals surface area contributed by atoms with Gasteiger partial charge in [0.05, 0.1) is 55.4 Å². The van der Waals surface area contributed by atoms with E-state index in [4.69, 9.17) is 9.47 Å². The number of nitrogens with one attached hydrogen (secondary N) is 2. The Hall–Kier alpha value is -6.04. The number of anilines is 4. The highest BCUT2D eigenvalue weighted by atomic mass is 32.1. The van der Waals surface area contributed by atoms with Gasteiger partial charge < -0.3 is 35.0 Å². The molecule has 4 aromatic heterocycles. The molecule has 2 aliphatic carbocycles. The summed E-state index contributed by atoms with van der Waals surface area (Å²) in [5, 5.41) is 18.4. The summed E-state index contributed by atoms with van der Waals surface area (Å²) in [5.74, 6) is 2.36. The molecule has 15 nitrogen and oxygen atoms in total. The molecule has 0 radical (unpaired) electrons. The number of carboxylic acids is 1. The van der Waals surface area contributed by atoms with Crippen molar-refractivity contribution in [3.05, 3.63) is 80.1 Å². The van der Waals surface area contributed by atoms with Crippen LogP contribution in [0, 0.1) is 11.8 Å². The van der Waals surface area contributed by atoms with Crippen molar-refractivity contribution in [2.24, 2.45) is 21.8 Å². The van der Waals surface area contributed by atoms with Crippen LogP contribution in [0.1, 0.15) is 56.0 Å². The summed E-state index contributed by atoms with van der Waals surface area (Å²) in [6.45, 7) is 4.93. The molecule has 11 rings (SSSR count). The molecule has 6 aromatic rings. The Morgan fingerprint density at radius 3 is 1.71 bits per heavy atom. The number of aromatic nitrogens is 4. The zero-order valence-electron chi connectivity index (χ0n) is 34.7. The number of methoxy groups -OCH3 is 2. The van der Waals surface area contributed by atoms with E-state index in [0.29, 0.717) is 31.8 Å². The van der Waals surface area contributed by atoms with Crippen molar-refractivity contribution in [2.45, 2.75) is 51.6 Å². The molecule has 0 saturated carbocycles. The molecule has 1 amide bonds. The molecule has 2 aromatic carbocycles. The van der Waals surface area contributed by atoms with Gasteiger partial charge >= 0.3 is 5.97 Å². The number of aliphatic imine (C=N–C) groups is 2. The lowest BCUT2D eigenvalue weighted by molar-refractivity contribution is -0.142. The first-order valence-electron chi connectivity index (χ1n) is 20.9. The van der Waals surface area contributed by atoms with Gasteiger partial charge in [0.25, 0.3) is 0 Å². The Morgan fingerprint density at radius 1 is 0.710 bits per heavy atom. The zero-order valence-corrected chi connectivity index (χ0v) is 36.4. The van der Waals surface area contributed by atoms with E-state index >= 15 is 0 Å². The first-order chi connectivity index (χ1) is 30.2. The van der Waals surface area contributed by atoms with Gasteiger partial charge in [0.1, 0.15) is 45.5 Å².